The summed E-state index contributed by atoms with van der Waals surface area (Å²) in [6, 6.07) is 11.0. The van der Waals surface area contributed by atoms with E-state index in [1.165, 1.54) is 6.07 Å². The Hall–Kier alpha value is -3.43. The molecule has 2 aromatic carbocycles. The summed E-state index contributed by atoms with van der Waals surface area (Å²) in [4.78, 5) is 27.4. The number of aryl methyl sites for hydroxylation is 1. The highest BCUT2D eigenvalue weighted by atomic mass is 32.1. The zero-order valence-corrected chi connectivity index (χ0v) is 20.4. The zero-order valence-electron chi connectivity index (χ0n) is 19.6. The van der Waals surface area contributed by atoms with E-state index in [0.717, 1.165) is 28.0 Å². The van der Waals surface area contributed by atoms with E-state index in [1.807, 2.05) is 30.5 Å². The van der Waals surface area contributed by atoms with E-state index in [9.17, 15) is 14.9 Å². The highest BCUT2D eigenvalue weighted by molar-refractivity contribution is 7.10. The summed E-state index contributed by atoms with van der Waals surface area (Å²) in [6.07, 6.45) is 0.745. The van der Waals surface area contributed by atoms with Crippen molar-refractivity contribution in [1.29, 1.82) is 0 Å². The maximum absolute atomic E-state index is 13.2. The number of ether oxygens (including phenoxy) is 2. The minimum absolute atomic E-state index is 0.0981. The molecule has 0 unspecified atom stereocenters. The molecule has 1 aromatic heterocycles. The van der Waals surface area contributed by atoms with Crippen molar-refractivity contribution in [1.82, 2.24) is 4.90 Å². The number of benzene rings is 2. The van der Waals surface area contributed by atoms with Gasteiger partial charge in [-0.05, 0) is 66.1 Å². The number of methoxy groups -OCH3 is 2. The van der Waals surface area contributed by atoms with Crippen LogP contribution in [0.2, 0.25) is 0 Å². The lowest BCUT2D eigenvalue weighted by molar-refractivity contribution is -0.384. The number of anilines is 1. The number of carbonyl (C=O) groups is 1. The van der Waals surface area contributed by atoms with Crippen molar-refractivity contribution in [3.63, 3.8) is 0 Å². The molecule has 2 heterocycles. The van der Waals surface area contributed by atoms with Gasteiger partial charge in [-0.1, -0.05) is 12.1 Å². The molecule has 1 N–H and O–H groups in total. The molecular weight excluding hydrogens is 454 g/mol. The molecule has 3 aromatic rings. The molecule has 178 valence electrons. The third-order valence-electron chi connectivity index (χ3n) is 6.31. The van der Waals surface area contributed by atoms with E-state index < -0.39 is 4.92 Å². The number of nitrogens with one attached hydrogen (secondary N) is 1. The Kier molecular flexibility index (Phi) is 6.85. The number of nitro benzene ring substituents is 1. The standard InChI is InChI=1S/C25H27N3O5S/c1-15-7-8-19(28(30)31)24(16(15)2)26-23(29)14-27-10-9-17-12-20(32-3)21(33-4)13-18(17)25(27)22-6-5-11-34-22/h5-8,11-13,25H,9-10,14H2,1-4H3,(H,26,29)/t25-/m0/s1. The second kappa shape index (κ2) is 9.82. The van der Waals surface area contributed by atoms with Gasteiger partial charge in [0.2, 0.25) is 5.91 Å². The molecule has 0 spiro atoms. The predicted molar refractivity (Wildman–Crippen MR) is 132 cm³/mol. The molecule has 8 nitrogen and oxygen atoms in total. The van der Waals surface area contributed by atoms with Crippen LogP contribution in [0.1, 0.15) is 33.2 Å². The molecule has 0 saturated carbocycles. The molecule has 0 radical (unpaired) electrons. The SMILES string of the molecule is COc1cc2c(cc1OC)[C@@H](c1cccs1)N(CC(=O)Nc1c([N+](=O)[O-])ccc(C)c1C)CC2. The van der Waals surface area contributed by atoms with E-state index in [4.69, 9.17) is 9.47 Å². The van der Waals surface area contributed by atoms with Gasteiger partial charge < -0.3 is 14.8 Å². The molecular formula is C25H27N3O5S. The summed E-state index contributed by atoms with van der Waals surface area (Å²) >= 11 is 1.63. The number of hydrogen-bond donors (Lipinski definition) is 1. The van der Waals surface area contributed by atoms with Crippen molar-refractivity contribution in [3.8, 4) is 11.5 Å². The minimum atomic E-state index is -0.465. The molecule has 9 heteroatoms. The fourth-order valence-corrected chi connectivity index (χ4v) is 5.30. The normalized spacial score (nSPS) is 15.5. The highest BCUT2D eigenvalue weighted by Crippen LogP contribution is 2.42. The van der Waals surface area contributed by atoms with Gasteiger partial charge in [-0.25, -0.2) is 0 Å². The topological polar surface area (TPSA) is 93.9 Å². The van der Waals surface area contributed by atoms with Gasteiger partial charge in [0.1, 0.15) is 5.69 Å². The van der Waals surface area contributed by atoms with Crippen LogP contribution in [0.15, 0.2) is 41.8 Å². The molecule has 0 aliphatic carbocycles. The van der Waals surface area contributed by atoms with Crippen molar-refractivity contribution in [2.75, 3.05) is 32.6 Å². The lowest BCUT2D eigenvalue weighted by Gasteiger charge is -2.37. The zero-order chi connectivity index (χ0) is 24.4. The summed E-state index contributed by atoms with van der Waals surface area (Å²) in [6.45, 7) is 4.40. The molecule has 4 rings (SSSR count). The van der Waals surface area contributed by atoms with Gasteiger partial charge in [0.05, 0.1) is 31.7 Å². The molecule has 1 aliphatic heterocycles. The summed E-state index contributed by atoms with van der Waals surface area (Å²) < 4.78 is 11.0. The Morgan fingerprint density at radius 1 is 1.21 bits per heavy atom. The Balaban J connectivity index is 1.66. The van der Waals surface area contributed by atoms with E-state index in [-0.39, 0.29) is 29.9 Å². The second-order valence-corrected chi connectivity index (χ2v) is 9.23. The highest BCUT2D eigenvalue weighted by Gasteiger charge is 2.32. The number of rotatable bonds is 7. The van der Waals surface area contributed by atoms with E-state index in [0.29, 0.717) is 23.6 Å². The smallest absolute Gasteiger partial charge is 0.293 e. The van der Waals surface area contributed by atoms with Crippen LogP contribution in [0.4, 0.5) is 11.4 Å². The second-order valence-electron chi connectivity index (χ2n) is 8.25. The molecule has 1 atom stereocenters. The van der Waals surface area contributed by atoms with Crippen LogP contribution < -0.4 is 14.8 Å². The Bertz CT molecular complexity index is 1230. The lowest BCUT2D eigenvalue weighted by Crippen LogP contribution is -2.41. The average molecular weight is 482 g/mol. The molecule has 34 heavy (non-hydrogen) atoms. The molecule has 0 bridgehead atoms. The van der Waals surface area contributed by atoms with Gasteiger partial charge in [-0.3, -0.25) is 19.8 Å². The quantitative estimate of drug-likeness (QED) is 0.382. The van der Waals surface area contributed by atoms with Crippen LogP contribution in [0.5, 0.6) is 11.5 Å². The van der Waals surface area contributed by atoms with Crippen LogP contribution in [0.25, 0.3) is 0 Å². The molecule has 0 fully saturated rings. The first-order chi connectivity index (χ1) is 16.3. The van der Waals surface area contributed by atoms with Gasteiger partial charge in [0.25, 0.3) is 5.69 Å². The first-order valence-electron chi connectivity index (χ1n) is 10.9. The van der Waals surface area contributed by atoms with Crippen molar-refractivity contribution in [2.45, 2.75) is 26.3 Å². The Morgan fingerprint density at radius 2 is 1.94 bits per heavy atom. The predicted octanol–water partition coefficient (Wildman–Crippen LogP) is 4.88. The summed E-state index contributed by atoms with van der Waals surface area (Å²) in [5.41, 5.74) is 3.94. The Morgan fingerprint density at radius 3 is 2.59 bits per heavy atom. The fourth-order valence-electron chi connectivity index (χ4n) is 4.42. The maximum Gasteiger partial charge on any atom is 0.293 e. The number of carbonyl (C=O) groups excluding carboxylic acids is 1. The van der Waals surface area contributed by atoms with Crippen molar-refractivity contribution in [2.24, 2.45) is 0 Å². The maximum atomic E-state index is 13.2. The number of thiophene rings is 1. The van der Waals surface area contributed by atoms with E-state index in [1.54, 1.807) is 38.5 Å². The monoisotopic (exact) mass is 481 g/mol. The minimum Gasteiger partial charge on any atom is -0.493 e. The summed E-state index contributed by atoms with van der Waals surface area (Å²) in [7, 11) is 3.22. The summed E-state index contributed by atoms with van der Waals surface area (Å²) in [5, 5.41) is 16.4. The largest absolute Gasteiger partial charge is 0.493 e. The Labute approximate surface area is 202 Å². The number of nitrogens with zero attached hydrogens (tertiary/aromatic N) is 2. The van der Waals surface area contributed by atoms with Crippen molar-refractivity contribution < 1.29 is 19.2 Å². The van der Waals surface area contributed by atoms with Gasteiger partial charge in [0.15, 0.2) is 11.5 Å². The number of nitro groups is 1. The first-order valence-corrected chi connectivity index (χ1v) is 11.8. The average Bonchev–Trinajstić information content (AvgIpc) is 3.35. The molecule has 0 saturated heterocycles. The van der Waals surface area contributed by atoms with Gasteiger partial charge in [0, 0.05) is 17.5 Å². The van der Waals surface area contributed by atoms with Crippen molar-refractivity contribution >= 4 is 28.6 Å². The van der Waals surface area contributed by atoms with Crippen LogP contribution >= 0.6 is 11.3 Å². The van der Waals surface area contributed by atoms with Crippen LogP contribution in [-0.2, 0) is 11.2 Å². The van der Waals surface area contributed by atoms with Crippen LogP contribution in [0.3, 0.4) is 0 Å². The fraction of sp³-hybridized carbons (Fsp3) is 0.320. The van der Waals surface area contributed by atoms with Crippen molar-refractivity contribution in [3.05, 3.63) is 79.0 Å². The number of fused-ring (bicyclic) bond motifs is 1. The third kappa shape index (κ3) is 4.49. The third-order valence-corrected chi connectivity index (χ3v) is 7.23. The van der Waals surface area contributed by atoms with Crippen LogP contribution in [-0.4, -0.2) is 43.0 Å². The summed E-state index contributed by atoms with van der Waals surface area (Å²) in [5.74, 6) is 1.03. The van der Waals surface area contributed by atoms with Crippen LogP contribution in [0, 0.1) is 24.0 Å². The molecule has 1 amide bonds. The first kappa shape index (κ1) is 23.7. The number of hydrogen-bond acceptors (Lipinski definition) is 7. The van der Waals surface area contributed by atoms with Gasteiger partial charge in [-0.15, -0.1) is 11.3 Å². The van der Waals surface area contributed by atoms with Gasteiger partial charge in [-0.2, -0.15) is 0 Å². The van der Waals surface area contributed by atoms with E-state index >= 15 is 0 Å². The number of amides is 1. The lowest BCUT2D eigenvalue weighted by atomic mass is 9.91. The molecule has 1 aliphatic rings. The van der Waals surface area contributed by atoms with E-state index in [2.05, 4.69) is 16.3 Å². The van der Waals surface area contributed by atoms with Gasteiger partial charge >= 0.3 is 0 Å².